The molecule has 1 aliphatic rings. The molecule has 1 unspecified atom stereocenters. The van der Waals surface area contributed by atoms with E-state index >= 15 is 0 Å². The number of hydrogen-bond acceptors (Lipinski definition) is 6. The molecular weight excluding hydrogens is 569 g/mol. The van der Waals surface area contributed by atoms with Gasteiger partial charge in [0.25, 0.3) is 5.91 Å². The highest BCUT2D eigenvalue weighted by atomic mass is 32.2. The fourth-order valence-electron chi connectivity index (χ4n) is 5.33. The average Bonchev–Trinajstić information content (AvgIpc) is 3.42. The van der Waals surface area contributed by atoms with Crippen molar-refractivity contribution in [1.29, 1.82) is 0 Å². The van der Waals surface area contributed by atoms with Crippen molar-refractivity contribution in [1.82, 2.24) is 5.32 Å². The van der Waals surface area contributed by atoms with Crippen LogP contribution in [-0.4, -0.2) is 55.1 Å². The highest BCUT2D eigenvalue weighted by Crippen LogP contribution is 2.40. The van der Waals surface area contributed by atoms with E-state index in [4.69, 9.17) is 0 Å². The Morgan fingerprint density at radius 2 is 1.60 bits per heavy atom. The smallest absolute Gasteiger partial charge is 0.394 e. The Morgan fingerprint density at radius 1 is 1.00 bits per heavy atom. The van der Waals surface area contributed by atoms with Crippen molar-refractivity contribution in [2.24, 2.45) is 0 Å². The number of nitrogens with zero attached hydrogens (tertiary/aromatic N) is 1. The number of alkyl halides is 3. The van der Waals surface area contributed by atoms with E-state index in [1.165, 1.54) is 24.3 Å². The summed E-state index contributed by atoms with van der Waals surface area (Å²) in [4.78, 5) is 15.2. The Balaban J connectivity index is 1.49. The molecule has 42 heavy (non-hydrogen) atoms. The SMILES string of the molecule is CCS(=O)(=O)c1ccc([C@H](CO)NC(=O)c2ccc(N3CC(c4ccc(C(F)(F)F)cc4)C[C@H]3C(C)(C)O)cc2)cc1. The van der Waals surface area contributed by atoms with Crippen LogP contribution in [0.15, 0.2) is 77.7 Å². The van der Waals surface area contributed by atoms with Crippen molar-refractivity contribution in [3.05, 3.63) is 95.1 Å². The van der Waals surface area contributed by atoms with E-state index in [9.17, 15) is 36.6 Å². The third kappa shape index (κ3) is 6.96. The third-order valence-electron chi connectivity index (χ3n) is 7.80. The molecule has 0 radical (unpaired) electrons. The number of halogens is 3. The molecule has 1 heterocycles. The maximum absolute atomic E-state index is 13.0. The molecule has 226 valence electrons. The Morgan fingerprint density at radius 3 is 2.10 bits per heavy atom. The number of carbonyl (C=O) groups is 1. The van der Waals surface area contributed by atoms with Crippen LogP contribution in [0.25, 0.3) is 0 Å². The minimum absolute atomic E-state index is 0.0355. The fraction of sp³-hybridized carbons (Fsp3) is 0.387. The van der Waals surface area contributed by atoms with Crippen LogP contribution in [-0.2, 0) is 16.0 Å². The van der Waals surface area contributed by atoms with Gasteiger partial charge in [0.1, 0.15) is 0 Å². The quantitative estimate of drug-likeness (QED) is 0.314. The van der Waals surface area contributed by atoms with Gasteiger partial charge in [0, 0.05) is 23.7 Å². The van der Waals surface area contributed by atoms with Crippen molar-refractivity contribution in [2.45, 2.75) is 61.9 Å². The van der Waals surface area contributed by atoms with Crippen LogP contribution in [0.4, 0.5) is 18.9 Å². The molecule has 4 rings (SSSR count). The van der Waals surface area contributed by atoms with Gasteiger partial charge in [-0.2, -0.15) is 13.2 Å². The Hall–Kier alpha value is -3.41. The molecule has 0 saturated carbocycles. The van der Waals surface area contributed by atoms with Crippen molar-refractivity contribution in [2.75, 3.05) is 23.8 Å². The number of benzene rings is 3. The molecule has 3 aromatic rings. The first-order chi connectivity index (χ1) is 19.6. The molecule has 0 bridgehead atoms. The highest BCUT2D eigenvalue weighted by Gasteiger charge is 2.41. The second kappa shape index (κ2) is 12.1. The summed E-state index contributed by atoms with van der Waals surface area (Å²) in [6, 6.07) is 16.8. The van der Waals surface area contributed by atoms with Crippen molar-refractivity contribution >= 4 is 21.4 Å². The fourth-order valence-corrected chi connectivity index (χ4v) is 6.22. The van der Waals surface area contributed by atoms with Crippen LogP contribution < -0.4 is 10.2 Å². The molecule has 11 heteroatoms. The molecule has 1 fully saturated rings. The van der Waals surface area contributed by atoms with Crippen molar-refractivity contribution in [3.8, 4) is 0 Å². The predicted molar refractivity (Wildman–Crippen MR) is 154 cm³/mol. The minimum atomic E-state index is -4.41. The van der Waals surface area contributed by atoms with Gasteiger partial charge in [0.05, 0.1) is 40.5 Å². The maximum Gasteiger partial charge on any atom is 0.416 e. The summed E-state index contributed by atoms with van der Waals surface area (Å²) in [5, 5.41) is 23.6. The van der Waals surface area contributed by atoms with E-state index < -0.39 is 45.7 Å². The molecule has 1 saturated heterocycles. The van der Waals surface area contributed by atoms with Crippen LogP contribution in [0.2, 0.25) is 0 Å². The van der Waals surface area contributed by atoms with Crippen LogP contribution >= 0.6 is 0 Å². The van der Waals surface area contributed by atoms with Crippen LogP contribution in [0.5, 0.6) is 0 Å². The molecule has 0 aliphatic carbocycles. The molecule has 1 aliphatic heterocycles. The van der Waals surface area contributed by atoms with E-state index in [0.29, 0.717) is 24.1 Å². The van der Waals surface area contributed by atoms with Crippen LogP contribution in [0.1, 0.15) is 66.2 Å². The lowest BCUT2D eigenvalue weighted by molar-refractivity contribution is -0.137. The minimum Gasteiger partial charge on any atom is -0.394 e. The number of aliphatic hydroxyl groups is 2. The predicted octanol–water partition coefficient (Wildman–Crippen LogP) is 5.10. The zero-order chi connectivity index (χ0) is 30.9. The zero-order valence-electron chi connectivity index (χ0n) is 23.6. The van der Waals surface area contributed by atoms with Crippen molar-refractivity contribution < 1.29 is 36.6 Å². The first kappa shape index (κ1) is 31.5. The molecule has 1 amide bonds. The standard InChI is InChI=1S/C31H35F3N2O5S/c1-4-42(40,41)26-15-9-21(10-16-26)27(19-37)35-29(38)22-7-13-25(14-8-22)36-18-23(17-28(36)30(2,3)39)20-5-11-24(12-6-20)31(32,33)34/h5-16,23,27-28,37,39H,4,17-19H2,1-3H3,(H,35,38)/t23?,27-,28-/m0/s1. The van der Waals surface area contributed by atoms with E-state index in [1.807, 2.05) is 4.90 Å². The second-order valence-corrected chi connectivity index (χ2v) is 13.4. The van der Waals surface area contributed by atoms with E-state index in [-0.39, 0.29) is 22.6 Å². The van der Waals surface area contributed by atoms with Crippen LogP contribution in [0, 0.1) is 0 Å². The molecule has 3 N–H and O–H groups in total. The van der Waals surface area contributed by atoms with Gasteiger partial charge in [-0.1, -0.05) is 31.2 Å². The second-order valence-electron chi connectivity index (χ2n) is 11.1. The highest BCUT2D eigenvalue weighted by molar-refractivity contribution is 7.91. The van der Waals surface area contributed by atoms with Crippen molar-refractivity contribution in [3.63, 3.8) is 0 Å². The van der Waals surface area contributed by atoms with Gasteiger partial charge in [-0.15, -0.1) is 0 Å². The Kier molecular flexibility index (Phi) is 9.05. The van der Waals surface area contributed by atoms with Crippen LogP contribution in [0.3, 0.4) is 0 Å². The number of carbonyl (C=O) groups excluding carboxylic acids is 1. The summed E-state index contributed by atoms with van der Waals surface area (Å²) in [5.41, 5.74) is 0.582. The normalized spacial score (nSPS) is 18.6. The summed E-state index contributed by atoms with van der Waals surface area (Å²) < 4.78 is 63.2. The largest absolute Gasteiger partial charge is 0.416 e. The lowest BCUT2D eigenvalue weighted by Crippen LogP contribution is -2.45. The van der Waals surface area contributed by atoms with E-state index in [2.05, 4.69) is 5.32 Å². The number of aliphatic hydroxyl groups excluding tert-OH is 1. The molecular formula is C31H35F3N2O5S. The summed E-state index contributed by atoms with van der Waals surface area (Å²) in [6.07, 6.45) is -3.88. The number of nitrogens with one attached hydrogen (secondary N) is 1. The van der Waals surface area contributed by atoms with Gasteiger partial charge in [0.15, 0.2) is 9.84 Å². The Bertz CT molecular complexity index is 1480. The number of rotatable bonds is 9. The monoisotopic (exact) mass is 604 g/mol. The van der Waals surface area contributed by atoms with Gasteiger partial charge >= 0.3 is 6.18 Å². The first-order valence-electron chi connectivity index (χ1n) is 13.6. The van der Waals surface area contributed by atoms with E-state index in [0.717, 1.165) is 23.4 Å². The molecule has 3 atom stereocenters. The molecule has 3 aromatic carbocycles. The van der Waals surface area contributed by atoms with Gasteiger partial charge in [0.2, 0.25) is 0 Å². The number of amides is 1. The topological polar surface area (TPSA) is 107 Å². The molecule has 0 spiro atoms. The lowest BCUT2D eigenvalue weighted by atomic mass is 9.90. The lowest BCUT2D eigenvalue weighted by Gasteiger charge is -2.35. The van der Waals surface area contributed by atoms with E-state index in [1.54, 1.807) is 57.2 Å². The number of sulfone groups is 1. The Labute approximate surface area is 243 Å². The average molecular weight is 605 g/mol. The third-order valence-corrected chi connectivity index (χ3v) is 9.55. The zero-order valence-corrected chi connectivity index (χ0v) is 24.4. The first-order valence-corrected chi connectivity index (χ1v) is 15.3. The maximum atomic E-state index is 13.0. The number of anilines is 1. The summed E-state index contributed by atoms with van der Waals surface area (Å²) in [5.74, 6) is -0.573. The van der Waals surface area contributed by atoms with Gasteiger partial charge < -0.3 is 20.4 Å². The number of hydrogen-bond donors (Lipinski definition) is 3. The molecule has 0 aromatic heterocycles. The summed E-state index contributed by atoms with van der Waals surface area (Å²) in [6.45, 7) is 5.02. The molecule has 7 nitrogen and oxygen atoms in total. The van der Waals surface area contributed by atoms with Gasteiger partial charge in [-0.05, 0) is 79.9 Å². The summed E-state index contributed by atoms with van der Waals surface area (Å²) in [7, 11) is -3.37. The summed E-state index contributed by atoms with van der Waals surface area (Å²) >= 11 is 0. The van der Waals surface area contributed by atoms with Gasteiger partial charge in [-0.25, -0.2) is 8.42 Å². The van der Waals surface area contributed by atoms with Gasteiger partial charge in [-0.3, -0.25) is 4.79 Å².